The molecule has 1 aliphatic heterocycles. The van der Waals surface area contributed by atoms with Crippen LogP contribution in [0.15, 0.2) is 41.4 Å². The van der Waals surface area contributed by atoms with Crippen molar-refractivity contribution in [2.24, 2.45) is 10.7 Å². The third kappa shape index (κ3) is 3.74. The third-order valence-corrected chi connectivity index (χ3v) is 4.15. The van der Waals surface area contributed by atoms with Crippen LogP contribution in [0.25, 0.3) is 0 Å². The maximum Gasteiger partial charge on any atom is 0.135 e. The predicted molar refractivity (Wildman–Crippen MR) is 99.3 cm³/mol. The number of ether oxygens (including phenoxy) is 2. The van der Waals surface area contributed by atoms with Gasteiger partial charge in [0.05, 0.1) is 24.8 Å². The largest absolute Gasteiger partial charge is 0.497 e. The first-order valence-corrected chi connectivity index (χ1v) is 8.18. The number of rotatable bonds is 3. The summed E-state index contributed by atoms with van der Waals surface area (Å²) >= 11 is 6.08. The van der Waals surface area contributed by atoms with Gasteiger partial charge in [-0.15, -0.1) is 0 Å². The van der Waals surface area contributed by atoms with Crippen LogP contribution < -0.4 is 20.5 Å². The minimum Gasteiger partial charge on any atom is -0.497 e. The molecule has 3 rings (SSSR count). The lowest BCUT2D eigenvalue weighted by molar-refractivity contribution is 0.394. The van der Waals surface area contributed by atoms with Gasteiger partial charge in [0, 0.05) is 11.6 Å². The molecule has 3 N–H and O–H groups in total. The smallest absolute Gasteiger partial charge is 0.135 e. The van der Waals surface area contributed by atoms with E-state index in [4.69, 9.17) is 26.8 Å². The first kappa shape index (κ1) is 18.1. The molecule has 26 heavy (non-hydrogen) atoms. The van der Waals surface area contributed by atoms with E-state index in [9.17, 15) is 4.39 Å². The summed E-state index contributed by atoms with van der Waals surface area (Å²) in [5, 5.41) is 3.29. The highest BCUT2D eigenvalue weighted by atomic mass is 35.5. The zero-order valence-electron chi connectivity index (χ0n) is 14.2. The van der Waals surface area contributed by atoms with Crippen LogP contribution in [0, 0.1) is 17.7 Å². The second-order valence-electron chi connectivity index (χ2n) is 5.56. The van der Waals surface area contributed by atoms with Gasteiger partial charge in [0.25, 0.3) is 0 Å². The predicted octanol–water partition coefficient (Wildman–Crippen LogP) is 2.55. The summed E-state index contributed by atoms with van der Waals surface area (Å²) in [5.41, 5.74) is 6.91. The Balaban J connectivity index is 1.83. The maximum absolute atomic E-state index is 14.1. The lowest BCUT2D eigenvalue weighted by atomic mass is 10.1. The zero-order chi connectivity index (χ0) is 18.7. The molecule has 0 radical (unpaired) electrons. The Labute approximate surface area is 156 Å². The fraction of sp³-hybridized carbons (Fsp3) is 0.211. The molecule has 0 saturated heterocycles. The molecule has 2 atom stereocenters. The van der Waals surface area contributed by atoms with Crippen LogP contribution in [0.4, 0.5) is 4.39 Å². The average molecular weight is 374 g/mol. The Morgan fingerprint density at radius 2 is 1.88 bits per heavy atom. The monoisotopic (exact) mass is 373 g/mol. The third-order valence-electron chi connectivity index (χ3n) is 3.83. The molecule has 1 heterocycles. The van der Waals surface area contributed by atoms with Gasteiger partial charge in [-0.1, -0.05) is 29.5 Å². The van der Waals surface area contributed by atoms with Crippen LogP contribution in [-0.4, -0.2) is 32.3 Å². The number of benzene rings is 2. The van der Waals surface area contributed by atoms with Crippen LogP contribution in [-0.2, 0) is 0 Å². The first-order valence-electron chi connectivity index (χ1n) is 7.80. The summed E-state index contributed by atoms with van der Waals surface area (Å²) in [4.78, 5) is 4.25. The molecule has 0 spiro atoms. The molecule has 2 aromatic rings. The van der Waals surface area contributed by atoms with Crippen LogP contribution in [0.1, 0.15) is 11.1 Å². The van der Waals surface area contributed by atoms with Gasteiger partial charge in [-0.3, -0.25) is 0 Å². The van der Waals surface area contributed by atoms with Crippen molar-refractivity contribution in [3.8, 4) is 23.3 Å². The Morgan fingerprint density at radius 1 is 1.19 bits per heavy atom. The van der Waals surface area contributed by atoms with Crippen LogP contribution in [0.2, 0.25) is 5.02 Å². The lowest BCUT2D eigenvalue weighted by Gasteiger charge is -2.10. The molecule has 0 fully saturated rings. The summed E-state index contributed by atoms with van der Waals surface area (Å²) < 4.78 is 24.5. The summed E-state index contributed by atoms with van der Waals surface area (Å²) in [6.45, 7) is 0. The van der Waals surface area contributed by atoms with Crippen LogP contribution in [0.5, 0.6) is 11.5 Å². The lowest BCUT2D eigenvalue weighted by Crippen LogP contribution is -2.38. The van der Waals surface area contributed by atoms with Crippen LogP contribution in [0.3, 0.4) is 0 Å². The number of nitrogens with zero attached hydrogens (tertiary/aromatic N) is 1. The number of nitrogens with one attached hydrogen (secondary N) is 1. The van der Waals surface area contributed by atoms with E-state index < -0.39 is 18.0 Å². The van der Waals surface area contributed by atoms with Crippen molar-refractivity contribution in [3.63, 3.8) is 0 Å². The van der Waals surface area contributed by atoms with Crippen molar-refractivity contribution < 1.29 is 13.9 Å². The minimum atomic E-state index is -0.638. The van der Waals surface area contributed by atoms with Gasteiger partial charge in [-0.25, -0.2) is 9.38 Å². The molecule has 7 heteroatoms. The molecule has 134 valence electrons. The second-order valence-corrected chi connectivity index (χ2v) is 5.96. The summed E-state index contributed by atoms with van der Waals surface area (Å²) in [7, 11) is 3.14. The fourth-order valence-corrected chi connectivity index (χ4v) is 2.77. The van der Waals surface area contributed by atoms with Crippen molar-refractivity contribution >= 4 is 17.4 Å². The Hall–Kier alpha value is -2.75. The molecule has 0 aromatic heterocycles. The number of amidine groups is 1. The number of methoxy groups -OCH3 is 2. The highest BCUT2D eigenvalue weighted by molar-refractivity contribution is 6.34. The van der Waals surface area contributed by atoms with Gasteiger partial charge in [-0.2, -0.15) is 0 Å². The van der Waals surface area contributed by atoms with Crippen molar-refractivity contribution in [1.29, 1.82) is 0 Å². The molecule has 0 bridgehead atoms. The van der Waals surface area contributed by atoms with Crippen molar-refractivity contribution in [2.75, 3.05) is 14.2 Å². The molecular weight excluding hydrogens is 357 g/mol. The van der Waals surface area contributed by atoms with E-state index in [0.717, 1.165) is 0 Å². The van der Waals surface area contributed by atoms with Gasteiger partial charge in [0.1, 0.15) is 35.4 Å². The first-order chi connectivity index (χ1) is 12.5. The van der Waals surface area contributed by atoms with E-state index in [0.29, 0.717) is 22.9 Å². The Kier molecular flexibility index (Phi) is 5.31. The Bertz CT molecular complexity index is 878. The quantitative estimate of drug-likeness (QED) is 0.811. The van der Waals surface area contributed by atoms with Crippen LogP contribution >= 0.6 is 11.6 Å². The van der Waals surface area contributed by atoms with Crippen molar-refractivity contribution in [2.45, 2.75) is 12.2 Å². The number of nitrogens with two attached hydrogens (primary N) is 1. The van der Waals surface area contributed by atoms with Crippen molar-refractivity contribution in [1.82, 2.24) is 5.32 Å². The number of aliphatic imine (C=N–C) groups is 1. The van der Waals surface area contributed by atoms with Gasteiger partial charge in [0.15, 0.2) is 0 Å². The molecule has 1 aliphatic rings. The molecule has 0 saturated carbocycles. The number of hydrogen-bond acceptors (Lipinski definition) is 5. The highest BCUT2D eigenvalue weighted by Crippen LogP contribution is 2.23. The van der Waals surface area contributed by atoms with E-state index in [-0.39, 0.29) is 10.6 Å². The summed E-state index contributed by atoms with van der Waals surface area (Å²) in [6, 6.07) is 9.29. The van der Waals surface area contributed by atoms with E-state index >= 15 is 0 Å². The summed E-state index contributed by atoms with van der Waals surface area (Å²) in [5.74, 6) is 7.11. The fourth-order valence-electron chi connectivity index (χ4n) is 2.52. The summed E-state index contributed by atoms with van der Waals surface area (Å²) in [6.07, 6.45) is -0.638. The molecule has 0 amide bonds. The normalized spacial score (nSPS) is 18.4. The SMILES string of the molecule is COc1cc(C#CC2NC(c3c(F)cccc3Cl)=NC2N)cc(OC)c1. The average Bonchev–Trinajstić information content (AvgIpc) is 2.99. The standard InChI is InChI=1S/C19H17ClFN3O2/c1-25-12-8-11(9-13(10-12)26-2)6-7-16-18(22)24-19(23-16)17-14(20)4-3-5-15(17)21/h3-5,8-10,16,18H,22H2,1-2H3,(H,23,24). The molecular formula is C19H17ClFN3O2. The van der Waals surface area contributed by atoms with E-state index in [1.165, 1.54) is 12.1 Å². The number of hydrogen-bond donors (Lipinski definition) is 2. The molecule has 2 aromatic carbocycles. The minimum absolute atomic E-state index is 0.192. The number of halogens is 2. The van der Waals surface area contributed by atoms with E-state index in [1.807, 2.05) is 0 Å². The van der Waals surface area contributed by atoms with Crippen molar-refractivity contribution in [3.05, 3.63) is 58.4 Å². The molecule has 0 aliphatic carbocycles. The maximum atomic E-state index is 14.1. The van der Waals surface area contributed by atoms with Gasteiger partial charge >= 0.3 is 0 Å². The Morgan fingerprint density at radius 3 is 2.50 bits per heavy atom. The zero-order valence-corrected chi connectivity index (χ0v) is 15.0. The topological polar surface area (TPSA) is 68.9 Å². The van der Waals surface area contributed by atoms with Gasteiger partial charge in [0.2, 0.25) is 0 Å². The van der Waals surface area contributed by atoms with Gasteiger partial charge in [-0.05, 0) is 24.3 Å². The molecule has 5 nitrogen and oxygen atoms in total. The van der Waals surface area contributed by atoms with Gasteiger partial charge < -0.3 is 20.5 Å². The highest BCUT2D eigenvalue weighted by Gasteiger charge is 2.27. The molecule has 2 unspecified atom stereocenters. The van der Waals surface area contributed by atoms with E-state index in [1.54, 1.807) is 38.5 Å². The second kappa shape index (κ2) is 7.65. The van der Waals surface area contributed by atoms with E-state index in [2.05, 4.69) is 22.2 Å².